The van der Waals surface area contributed by atoms with Gasteiger partial charge in [0.1, 0.15) is 6.04 Å². The Morgan fingerprint density at radius 2 is 2.10 bits per heavy atom. The number of carbonyl (C=O) groups is 2. The lowest BCUT2D eigenvalue weighted by Crippen LogP contribution is -2.42. The molecule has 110 valence electrons. The van der Waals surface area contributed by atoms with Crippen molar-refractivity contribution in [3.05, 3.63) is 35.4 Å². The Morgan fingerprint density at radius 3 is 2.70 bits per heavy atom. The Balaban J connectivity index is 2.34. The van der Waals surface area contributed by atoms with Crippen LogP contribution >= 0.6 is 0 Å². The van der Waals surface area contributed by atoms with E-state index in [-0.39, 0.29) is 12.5 Å². The van der Waals surface area contributed by atoms with E-state index in [9.17, 15) is 9.59 Å². The van der Waals surface area contributed by atoms with Crippen LogP contribution < -0.4 is 10.6 Å². The monoisotopic (exact) mass is 278 g/mol. The third-order valence-corrected chi connectivity index (χ3v) is 2.96. The number of amides is 1. The minimum Gasteiger partial charge on any atom is -0.480 e. The summed E-state index contributed by atoms with van der Waals surface area (Å²) < 4.78 is 0. The van der Waals surface area contributed by atoms with Crippen molar-refractivity contribution in [2.24, 2.45) is 0 Å². The Bertz CT molecular complexity index is 460. The zero-order chi connectivity index (χ0) is 15.0. The Labute approximate surface area is 119 Å². The van der Waals surface area contributed by atoms with Gasteiger partial charge in [0.2, 0.25) is 5.91 Å². The highest BCUT2D eigenvalue weighted by Gasteiger charge is 2.16. The third kappa shape index (κ3) is 5.84. The summed E-state index contributed by atoms with van der Waals surface area (Å²) in [5.74, 6) is -1.12. The number of hydrogen-bond donors (Lipinski definition) is 3. The van der Waals surface area contributed by atoms with E-state index >= 15 is 0 Å². The van der Waals surface area contributed by atoms with Gasteiger partial charge in [0.25, 0.3) is 0 Å². The normalized spacial score (nSPS) is 11.9. The van der Waals surface area contributed by atoms with E-state index in [1.54, 1.807) is 0 Å². The summed E-state index contributed by atoms with van der Waals surface area (Å²) in [6.07, 6.45) is 1.27. The molecule has 3 N–H and O–H groups in total. The molecule has 1 unspecified atom stereocenters. The maximum absolute atomic E-state index is 11.7. The number of carboxylic acids is 1. The highest BCUT2D eigenvalue weighted by molar-refractivity contribution is 5.79. The molecule has 0 spiro atoms. The molecule has 0 saturated carbocycles. The minimum atomic E-state index is -0.918. The van der Waals surface area contributed by atoms with Crippen LogP contribution in [0.2, 0.25) is 0 Å². The van der Waals surface area contributed by atoms with E-state index in [1.807, 2.05) is 38.1 Å². The van der Waals surface area contributed by atoms with Crippen LogP contribution in [0.25, 0.3) is 0 Å². The van der Waals surface area contributed by atoms with Gasteiger partial charge in [-0.05, 0) is 18.9 Å². The summed E-state index contributed by atoms with van der Waals surface area (Å²) in [4.78, 5) is 22.6. The van der Waals surface area contributed by atoms with Crippen molar-refractivity contribution >= 4 is 11.9 Å². The second-order valence-corrected chi connectivity index (χ2v) is 4.83. The van der Waals surface area contributed by atoms with E-state index in [1.165, 1.54) is 0 Å². The summed E-state index contributed by atoms with van der Waals surface area (Å²) in [6, 6.07) is 7.22. The number of aryl methyl sites for hydroxylation is 1. The smallest absolute Gasteiger partial charge is 0.320 e. The third-order valence-electron chi connectivity index (χ3n) is 2.96. The van der Waals surface area contributed by atoms with E-state index in [0.717, 1.165) is 17.5 Å². The van der Waals surface area contributed by atoms with Crippen LogP contribution in [0.15, 0.2) is 24.3 Å². The average Bonchev–Trinajstić information content (AvgIpc) is 2.41. The van der Waals surface area contributed by atoms with Gasteiger partial charge in [0.15, 0.2) is 0 Å². The number of carboxylic acid groups (broad SMARTS) is 1. The molecule has 0 bridgehead atoms. The number of nitrogens with one attached hydrogen (secondary N) is 2. The number of carbonyl (C=O) groups excluding carboxylic acids is 1. The molecule has 0 fully saturated rings. The summed E-state index contributed by atoms with van der Waals surface area (Å²) in [7, 11) is 0. The standard InChI is InChI=1S/C15H22N2O3/c1-3-5-13(15(19)20)16-10-14(18)17-9-12-7-4-6-11(2)8-12/h4,6-8,13,16H,3,5,9-10H2,1-2H3,(H,17,18)(H,19,20). The minimum absolute atomic E-state index is 0.0166. The van der Waals surface area contributed by atoms with E-state index in [4.69, 9.17) is 5.11 Å². The first-order valence-electron chi connectivity index (χ1n) is 6.81. The second kappa shape index (κ2) is 8.32. The predicted octanol–water partition coefficient (Wildman–Crippen LogP) is 1.45. The summed E-state index contributed by atoms with van der Waals surface area (Å²) in [5, 5.41) is 14.5. The van der Waals surface area contributed by atoms with Crippen molar-refractivity contribution in [2.45, 2.75) is 39.3 Å². The van der Waals surface area contributed by atoms with E-state index in [0.29, 0.717) is 13.0 Å². The second-order valence-electron chi connectivity index (χ2n) is 4.83. The topological polar surface area (TPSA) is 78.4 Å². The number of aliphatic carboxylic acids is 1. The zero-order valence-electron chi connectivity index (χ0n) is 12.0. The molecule has 0 aliphatic rings. The zero-order valence-corrected chi connectivity index (χ0v) is 12.0. The molecule has 5 nitrogen and oxygen atoms in total. The molecule has 1 rings (SSSR count). The van der Waals surface area contributed by atoms with Gasteiger partial charge in [0.05, 0.1) is 6.54 Å². The van der Waals surface area contributed by atoms with Crippen LogP contribution in [-0.4, -0.2) is 29.6 Å². The largest absolute Gasteiger partial charge is 0.480 e. The van der Waals surface area contributed by atoms with E-state index < -0.39 is 12.0 Å². The highest BCUT2D eigenvalue weighted by Crippen LogP contribution is 2.03. The van der Waals surface area contributed by atoms with Crippen LogP contribution in [-0.2, 0) is 16.1 Å². The van der Waals surface area contributed by atoms with Crippen molar-refractivity contribution in [1.82, 2.24) is 10.6 Å². The van der Waals surface area contributed by atoms with Gasteiger partial charge in [-0.3, -0.25) is 14.9 Å². The number of rotatable bonds is 8. The van der Waals surface area contributed by atoms with Crippen LogP contribution in [0.5, 0.6) is 0 Å². The molecule has 20 heavy (non-hydrogen) atoms. The molecule has 0 aliphatic heterocycles. The molecule has 1 atom stereocenters. The molecule has 0 radical (unpaired) electrons. The molecule has 0 heterocycles. The molecule has 0 aliphatic carbocycles. The van der Waals surface area contributed by atoms with Gasteiger partial charge in [-0.15, -0.1) is 0 Å². The molecule has 1 aromatic rings. The van der Waals surface area contributed by atoms with Gasteiger partial charge in [-0.1, -0.05) is 43.2 Å². The predicted molar refractivity (Wildman–Crippen MR) is 77.4 cm³/mol. The molecule has 5 heteroatoms. The highest BCUT2D eigenvalue weighted by atomic mass is 16.4. The Kier molecular flexibility index (Phi) is 6.73. The van der Waals surface area contributed by atoms with Crippen molar-refractivity contribution < 1.29 is 14.7 Å². The van der Waals surface area contributed by atoms with Crippen molar-refractivity contribution in [3.8, 4) is 0 Å². The van der Waals surface area contributed by atoms with Crippen molar-refractivity contribution in [3.63, 3.8) is 0 Å². The van der Waals surface area contributed by atoms with Crippen LogP contribution in [0.3, 0.4) is 0 Å². The lowest BCUT2D eigenvalue weighted by molar-refractivity contribution is -0.139. The average molecular weight is 278 g/mol. The molecular weight excluding hydrogens is 256 g/mol. The van der Waals surface area contributed by atoms with E-state index in [2.05, 4.69) is 10.6 Å². The van der Waals surface area contributed by atoms with Gasteiger partial charge >= 0.3 is 5.97 Å². The fourth-order valence-corrected chi connectivity index (χ4v) is 1.90. The lowest BCUT2D eigenvalue weighted by Gasteiger charge is -2.13. The first-order valence-corrected chi connectivity index (χ1v) is 6.81. The summed E-state index contributed by atoms with van der Waals surface area (Å²) in [5.41, 5.74) is 2.17. The van der Waals surface area contributed by atoms with Gasteiger partial charge < -0.3 is 10.4 Å². The fraction of sp³-hybridized carbons (Fsp3) is 0.467. The van der Waals surface area contributed by atoms with Gasteiger partial charge in [0, 0.05) is 6.54 Å². The molecule has 0 aromatic heterocycles. The lowest BCUT2D eigenvalue weighted by atomic mass is 10.1. The van der Waals surface area contributed by atoms with Crippen molar-refractivity contribution in [2.75, 3.05) is 6.54 Å². The van der Waals surface area contributed by atoms with Gasteiger partial charge in [-0.25, -0.2) is 0 Å². The van der Waals surface area contributed by atoms with Crippen LogP contribution in [0.4, 0.5) is 0 Å². The quantitative estimate of drug-likeness (QED) is 0.672. The molecule has 1 amide bonds. The maximum atomic E-state index is 11.7. The van der Waals surface area contributed by atoms with Crippen molar-refractivity contribution in [1.29, 1.82) is 0 Å². The molecule has 0 saturated heterocycles. The first-order chi connectivity index (χ1) is 9.52. The summed E-state index contributed by atoms with van der Waals surface area (Å²) in [6.45, 7) is 4.38. The van der Waals surface area contributed by atoms with Crippen LogP contribution in [0.1, 0.15) is 30.9 Å². The SMILES string of the molecule is CCCC(NCC(=O)NCc1cccc(C)c1)C(=O)O. The van der Waals surface area contributed by atoms with Crippen LogP contribution in [0, 0.1) is 6.92 Å². The maximum Gasteiger partial charge on any atom is 0.320 e. The Hall–Kier alpha value is -1.88. The molecule has 1 aromatic carbocycles. The van der Waals surface area contributed by atoms with Gasteiger partial charge in [-0.2, -0.15) is 0 Å². The molecular formula is C15H22N2O3. The number of hydrogen-bond acceptors (Lipinski definition) is 3. The number of benzene rings is 1. The fourth-order valence-electron chi connectivity index (χ4n) is 1.90. The first kappa shape index (κ1) is 16.2. The summed E-state index contributed by atoms with van der Waals surface area (Å²) >= 11 is 0. The Morgan fingerprint density at radius 1 is 1.35 bits per heavy atom.